The van der Waals surface area contributed by atoms with Crippen LogP contribution in [0.4, 0.5) is 5.69 Å². The van der Waals surface area contributed by atoms with Gasteiger partial charge in [0.25, 0.3) is 0 Å². The number of hydrogen-bond donors (Lipinski definition) is 3. The van der Waals surface area contributed by atoms with E-state index in [1.54, 1.807) is 6.07 Å². The van der Waals surface area contributed by atoms with Crippen LogP contribution < -0.4 is 15.8 Å². The molecule has 0 aliphatic heterocycles. The molecule has 0 saturated carbocycles. The van der Waals surface area contributed by atoms with Gasteiger partial charge in [0.05, 0.1) is 13.0 Å². The summed E-state index contributed by atoms with van der Waals surface area (Å²) in [5.74, 6) is -1.12. The van der Waals surface area contributed by atoms with Crippen LogP contribution in [-0.4, -0.2) is 29.6 Å². The summed E-state index contributed by atoms with van der Waals surface area (Å²) >= 11 is 0. The Kier molecular flexibility index (Phi) is 5.17. The first-order valence-electron chi connectivity index (χ1n) is 5.95. The lowest BCUT2D eigenvalue weighted by atomic mass is 10.1. The molecular weight excluding hydrogens is 248 g/mol. The Labute approximate surface area is 111 Å². The van der Waals surface area contributed by atoms with Gasteiger partial charge < -0.3 is 20.9 Å². The quantitative estimate of drug-likeness (QED) is 0.673. The van der Waals surface area contributed by atoms with Gasteiger partial charge in [-0.3, -0.25) is 4.79 Å². The minimum Gasteiger partial charge on any atom is -0.492 e. The van der Waals surface area contributed by atoms with Crippen molar-refractivity contribution in [1.82, 2.24) is 5.32 Å². The van der Waals surface area contributed by atoms with Gasteiger partial charge in [0.1, 0.15) is 11.3 Å². The maximum Gasteiger partial charge on any atom is 0.341 e. The number of nitrogens with two attached hydrogens (primary N) is 1. The average molecular weight is 266 g/mol. The lowest BCUT2D eigenvalue weighted by Gasteiger charge is -2.11. The van der Waals surface area contributed by atoms with E-state index in [4.69, 9.17) is 15.6 Å². The van der Waals surface area contributed by atoms with Crippen molar-refractivity contribution in [3.05, 3.63) is 23.8 Å². The highest BCUT2D eigenvalue weighted by molar-refractivity contribution is 5.96. The second kappa shape index (κ2) is 6.63. The number of nitrogen functional groups attached to an aromatic ring is 1. The van der Waals surface area contributed by atoms with Gasteiger partial charge in [0.15, 0.2) is 0 Å². The summed E-state index contributed by atoms with van der Waals surface area (Å²) in [5, 5.41) is 11.8. The summed E-state index contributed by atoms with van der Waals surface area (Å²) in [6.07, 6.45) is 0.159. The van der Waals surface area contributed by atoms with E-state index in [-0.39, 0.29) is 42.0 Å². The molecule has 1 amide bonds. The van der Waals surface area contributed by atoms with Crippen LogP contribution in [0.15, 0.2) is 18.2 Å². The van der Waals surface area contributed by atoms with Gasteiger partial charge in [-0.1, -0.05) is 6.07 Å². The molecule has 0 aliphatic carbocycles. The van der Waals surface area contributed by atoms with Crippen molar-refractivity contribution in [3.63, 3.8) is 0 Å². The summed E-state index contributed by atoms with van der Waals surface area (Å²) in [5.41, 5.74) is 5.64. The van der Waals surface area contributed by atoms with E-state index in [0.29, 0.717) is 0 Å². The molecule has 0 saturated heterocycles. The average Bonchev–Trinajstić information content (AvgIpc) is 2.27. The van der Waals surface area contributed by atoms with E-state index in [2.05, 4.69) is 5.32 Å². The predicted octanol–water partition coefficient (Wildman–Crippen LogP) is 1.26. The van der Waals surface area contributed by atoms with Gasteiger partial charge >= 0.3 is 5.97 Å². The summed E-state index contributed by atoms with van der Waals surface area (Å²) in [7, 11) is 0. The van der Waals surface area contributed by atoms with E-state index in [9.17, 15) is 9.59 Å². The first-order valence-corrected chi connectivity index (χ1v) is 5.95. The van der Waals surface area contributed by atoms with Gasteiger partial charge in [0.2, 0.25) is 5.91 Å². The van der Waals surface area contributed by atoms with Crippen molar-refractivity contribution in [2.24, 2.45) is 0 Å². The minimum absolute atomic E-state index is 0.0643. The monoisotopic (exact) mass is 266 g/mol. The Bertz CT molecular complexity index is 472. The molecule has 19 heavy (non-hydrogen) atoms. The van der Waals surface area contributed by atoms with Crippen molar-refractivity contribution in [3.8, 4) is 5.75 Å². The van der Waals surface area contributed by atoms with Crippen molar-refractivity contribution >= 4 is 17.6 Å². The number of carbonyl (C=O) groups is 2. The maximum atomic E-state index is 11.4. The molecule has 0 heterocycles. The number of nitrogens with one attached hydrogen (secondary N) is 1. The Balaban J connectivity index is 2.61. The highest BCUT2D eigenvalue weighted by atomic mass is 16.5. The van der Waals surface area contributed by atoms with Crippen LogP contribution in [0.1, 0.15) is 30.6 Å². The van der Waals surface area contributed by atoms with Crippen molar-refractivity contribution < 1.29 is 19.4 Å². The SMILES string of the molecule is CC(C)NC(=O)CCOc1cccc(N)c1C(=O)O. The molecule has 0 aromatic heterocycles. The highest BCUT2D eigenvalue weighted by Gasteiger charge is 2.15. The molecule has 1 rings (SSSR count). The number of rotatable bonds is 6. The summed E-state index contributed by atoms with van der Waals surface area (Å²) in [4.78, 5) is 22.4. The number of ether oxygens (including phenoxy) is 1. The molecule has 0 fully saturated rings. The van der Waals surface area contributed by atoms with Crippen molar-refractivity contribution in [2.75, 3.05) is 12.3 Å². The molecule has 0 aliphatic rings. The second-order valence-corrected chi connectivity index (χ2v) is 4.35. The normalized spacial score (nSPS) is 10.3. The standard InChI is InChI=1S/C13H18N2O4/c1-8(2)15-11(16)6-7-19-10-5-3-4-9(14)12(10)13(17)18/h3-5,8H,6-7,14H2,1-2H3,(H,15,16)(H,17,18). The first kappa shape index (κ1) is 14.8. The molecule has 0 radical (unpaired) electrons. The molecule has 0 bridgehead atoms. The van der Waals surface area contributed by atoms with E-state index >= 15 is 0 Å². The van der Waals surface area contributed by atoms with E-state index in [1.165, 1.54) is 12.1 Å². The molecule has 6 nitrogen and oxygen atoms in total. The van der Waals surface area contributed by atoms with Gasteiger partial charge in [-0.25, -0.2) is 4.79 Å². The summed E-state index contributed by atoms with van der Waals surface area (Å²) in [6, 6.07) is 4.67. The lowest BCUT2D eigenvalue weighted by molar-refractivity contribution is -0.122. The molecule has 104 valence electrons. The number of aromatic carboxylic acids is 1. The molecule has 4 N–H and O–H groups in total. The number of carbonyl (C=O) groups excluding carboxylic acids is 1. The van der Waals surface area contributed by atoms with Crippen LogP contribution in [0, 0.1) is 0 Å². The van der Waals surface area contributed by atoms with Gasteiger partial charge in [-0.2, -0.15) is 0 Å². The fourth-order valence-electron chi connectivity index (χ4n) is 1.55. The fourth-order valence-corrected chi connectivity index (χ4v) is 1.55. The van der Waals surface area contributed by atoms with Crippen LogP contribution in [-0.2, 0) is 4.79 Å². The Hall–Kier alpha value is -2.24. The van der Waals surface area contributed by atoms with E-state index in [0.717, 1.165) is 0 Å². The Morgan fingerprint density at radius 3 is 2.68 bits per heavy atom. The van der Waals surface area contributed by atoms with Crippen molar-refractivity contribution in [1.29, 1.82) is 0 Å². The molecule has 1 aromatic rings. The summed E-state index contributed by atoms with van der Waals surface area (Å²) < 4.78 is 5.31. The predicted molar refractivity (Wildman–Crippen MR) is 71.2 cm³/mol. The topological polar surface area (TPSA) is 102 Å². The third-order valence-electron chi connectivity index (χ3n) is 2.31. The van der Waals surface area contributed by atoms with Gasteiger partial charge in [-0.15, -0.1) is 0 Å². The summed E-state index contributed by atoms with van der Waals surface area (Å²) in [6.45, 7) is 3.82. The molecule has 0 spiro atoms. The largest absolute Gasteiger partial charge is 0.492 e. The molecule has 1 aromatic carbocycles. The zero-order valence-electron chi connectivity index (χ0n) is 11.0. The van der Waals surface area contributed by atoms with Crippen LogP contribution in [0.5, 0.6) is 5.75 Å². The van der Waals surface area contributed by atoms with Crippen LogP contribution in [0.25, 0.3) is 0 Å². The molecule has 6 heteroatoms. The Morgan fingerprint density at radius 2 is 2.11 bits per heavy atom. The van der Waals surface area contributed by atoms with Crippen LogP contribution in [0.3, 0.4) is 0 Å². The number of carboxylic acids is 1. The maximum absolute atomic E-state index is 11.4. The second-order valence-electron chi connectivity index (χ2n) is 4.35. The lowest BCUT2D eigenvalue weighted by Crippen LogP contribution is -2.31. The molecular formula is C13H18N2O4. The van der Waals surface area contributed by atoms with Crippen LogP contribution >= 0.6 is 0 Å². The van der Waals surface area contributed by atoms with E-state index in [1.807, 2.05) is 13.8 Å². The third-order valence-corrected chi connectivity index (χ3v) is 2.31. The zero-order valence-corrected chi connectivity index (χ0v) is 11.0. The molecule has 0 atom stereocenters. The number of benzene rings is 1. The number of amides is 1. The Morgan fingerprint density at radius 1 is 1.42 bits per heavy atom. The number of anilines is 1. The minimum atomic E-state index is -1.15. The van der Waals surface area contributed by atoms with Gasteiger partial charge in [-0.05, 0) is 26.0 Å². The van der Waals surface area contributed by atoms with Gasteiger partial charge in [0, 0.05) is 11.7 Å². The third kappa shape index (κ3) is 4.50. The fraction of sp³-hybridized carbons (Fsp3) is 0.385. The van der Waals surface area contributed by atoms with E-state index < -0.39 is 5.97 Å². The van der Waals surface area contributed by atoms with Crippen molar-refractivity contribution in [2.45, 2.75) is 26.3 Å². The molecule has 0 unspecified atom stereocenters. The number of hydrogen-bond acceptors (Lipinski definition) is 4. The number of carboxylic acid groups (broad SMARTS) is 1. The zero-order chi connectivity index (χ0) is 14.4. The smallest absolute Gasteiger partial charge is 0.341 e. The highest BCUT2D eigenvalue weighted by Crippen LogP contribution is 2.24. The van der Waals surface area contributed by atoms with Crippen LogP contribution in [0.2, 0.25) is 0 Å². The first-order chi connectivity index (χ1) is 8.91.